The van der Waals surface area contributed by atoms with Crippen molar-refractivity contribution in [1.29, 1.82) is 0 Å². The van der Waals surface area contributed by atoms with Crippen molar-refractivity contribution >= 4 is 5.91 Å². The third-order valence-corrected chi connectivity index (χ3v) is 4.01. The van der Waals surface area contributed by atoms with Crippen molar-refractivity contribution in [3.63, 3.8) is 0 Å². The van der Waals surface area contributed by atoms with E-state index in [1.807, 2.05) is 65.4 Å². The standard InChI is InChI=1S/C20H21N3O2/c1-25-18-9-7-16(8-10-18)13-20(24)22-19(14-23-12-11-21-15-23)17-5-3-2-4-6-17/h2-12,15,19H,13-14H2,1H3,(H,22,24). The summed E-state index contributed by atoms with van der Waals surface area (Å²) < 4.78 is 7.11. The van der Waals surface area contributed by atoms with E-state index in [2.05, 4.69) is 10.3 Å². The second-order valence-corrected chi connectivity index (χ2v) is 5.82. The first-order valence-corrected chi connectivity index (χ1v) is 8.17. The van der Waals surface area contributed by atoms with Gasteiger partial charge in [-0.15, -0.1) is 0 Å². The number of carbonyl (C=O) groups is 1. The molecule has 0 aliphatic carbocycles. The van der Waals surface area contributed by atoms with Gasteiger partial charge in [0.15, 0.2) is 0 Å². The van der Waals surface area contributed by atoms with E-state index < -0.39 is 0 Å². The zero-order valence-electron chi connectivity index (χ0n) is 14.1. The average Bonchev–Trinajstić information content (AvgIpc) is 3.16. The molecule has 1 aromatic heterocycles. The Kier molecular flexibility index (Phi) is 5.46. The molecule has 0 saturated carbocycles. The van der Waals surface area contributed by atoms with E-state index in [0.29, 0.717) is 13.0 Å². The minimum Gasteiger partial charge on any atom is -0.497 e. The monoisotopic (exact) mass is 335 g/mol. The van der Waals surface area contributed by atoms with Gasteiger partial charge in [-0.2, -0.15) is 0 Å². The fourth-order valence-electron chi connectivity index (χ4n) is 2.70. The van der Waals surface area contributed by atoms with Gasteiger partial charge in [-0.05, 0) is 23.3 Å². The molecule has 0 fully saturated rings. The Morgan fingerprint density at radius 3 is 2.56 bits per heavy atom. The topological polar surface area (TPSA) is 56.1 Å². The van der Waals surface area contributed by atoms with Crippen molar-refractivity contribution in [2.75, 3.05) is 7.11 Å². The SMILES string of the molecule is COc1ccc(CC(=O)NC(Cn2ccnc2)c2ccccc2)cc1. The minimum atomic E-state index is -0.110. The van der Waals surface area contributed by atoms with Crippen molar-refractivity contribution in [3.05, 3.63) is 84.4 Å². The number of nitrogens with one attached hydrogen (secondary N) is 1. The summed E-state index contributed by atoms with van der Waals surface area (Å²) in [4.78, 5) is 16.6. The van der Waals surface area contributed by atoms with E-state index in [4.69, 9.17) is 4.74 Å². The molecule has 0 radical (unpaired) electrons. The van der Waals surface area contributed by atoms with Crippen LogP contribution in [0.5, 0.6) is 5.75 Å². The Balaban J connectivity index is 1.69. The fraction of sp³-hybridized carbons (Fsp3) is 0.200. The number of carbonyl (C=O) groups excluding carboxylic acids is 1. The molecule has 1 atom stereocenters. The van der Waals surface area contributed by atoms with Gasteiger partial charge in [-0.1, -0.05) is 42.5 Å². The van der Waals surface area contributed by atoms with Gasteiger partial charge in [-0.3, -0.25) is 4.79 Å². The molecule has 0 spiro atoms. The number of rotatable bonds is 7. The van der Waals surface area contributed by atoms with E-state index in [1.54, 1.807) is 19.6 Å². The highest BCUT2D eigenvalue weighted by atomic mass is 16.5. The lowest BCUT2D eigenvalue weighted by molar-refractivity contribution is -0.121. The van der Waals surface area contributed by atoms with Crippen LogP contribution in [-0.2, 0) is 17.8 Å². The van der Waals surface area contributed by atoms with Crippen LogP contribution in [0, 0.1) is 0 Å². The summed E-state index contributed by atoms with van der Waals surface area (Å²) in [6.07, 6.45) is 5.72. The predicted octanol–water partition coefficient (Wildman–Crippen LogP) is 2.99. The number of hydrogen-bond acceptors (Lipinski definition) is 3. The highest BCUT2D eigenvalue weighted by molar-refractivity contribution is 5.79. The van der Waals surface area contributed by atoms with Crippen LogP contribution in [-0.4, -0.2) is 22.6 Å². The highest BCUT2D eigenvalue weighted by Crippen LogP contribution is 2.16. The molecule has 1 unspecified atom stereocenters. The Labute approximate surface area is 147 Å². The molecule has 128 valence electrons. The normalized spacial score (nSPS) is 11.7. The quantitative estimate of drug-likeness (QED) is 0.722. The maximum atomic E-state index is 12.5. The number of amides is 1. The summed E-state index contributed by atoms with van der Waals surface area (Å²) in [6, 6.07) is 17.4. The first-order valence-electron chi connectivity index (χ1n) is 8.17. The van der Waals surface area contributed by atoms with Gasteiger partial charge >= 0.3 is 0 Å². The molecule has 0 saturated heterocycles. The Morgan fingerprint density at radius 2 is 1.92 bits per heavy atom. The zero-order chi connectivity index (χ0) is 17.5. The van der Waals surface area contributed by atoms with E-state index in [1.165, 1.54) is 0 Å². The van der Waals surface area contributed by atoms with Crippen LogP contribution in [0.4, 0.5) is 0 Å². The van der Waals surface area contributed by atoms with Crippen LogP contribution in [0.1, 0.15) is 17.2 Å². The summed E-state index contributed by atoms with van der Waals surface area (Å²) in [7, 11) is 1.63. The van der Waals surface area contributed by atoms with Crippen molar-refractivity contribution in [1.82, 2.24) is 14.9 Å². The third kappa shape index (κ3) is 4.70. The highest BCUT2D eigenvalue weighted by Gasteiger charge is 2.15. The Hall–Kier alpha value is -3.08. The lowest BCUT2D eigenvalue weighted by Crippen LogP contribution is -2.32. The van der Waals surface area contributed by atoms with Crippen LogP contribution < -0.4 is 10.1 Å². The second kappa shape index (κ2) is 8.15. The number of methoxy groups -OCH3 is 1. The first-order chi connectivity index (χ1) is 12.2. The third-order valence-electron chi connectivity index (χ3n) is 4.01. The molecular formula is C20H21N3O2. The summed E-state index contributed by atoms with van der Waals surface area (Å²) in [5, 5.41) is 3.13. The summed E-state index contributed by atoms with van der Waals surface area (Å²) in [5.74, 6) is 0.769. The molecule has 2 aromatic carbocycles. The van der Waals surface area contributed by atoms with Gasteiger partial charge in [0.05, 0.1) is 25.9 Å². The number of hydrogen-bond donors (Lipinski definition) is 1. The van der Waals surface area contributed by atoms with Crippen LogP contribution in [0.2, 0.25) is 0 Å². The largest absolute Gasteiger partial charge is 0.497 e. The molecule has 3 aromatic rings. The molecule has 25 heavy (non-hydrogen) atoms. The fourth-order valence-corrected chi connectivity index (χ4v) is 2.70. The van der Waals surface area contributed by atoms with Crippen molar-refractivity contribution in [3.8, 4) is 5.75 Å². The first kappa shape index (κ1) is 16.8. The van der Waals surface area contributed by atoms with Gasteiger partial charge < -0.3 is 14.6 Å². The van der Waals surface area contributed by atoms with Gasteiger partial charge in [0.25, 0.3) is 0 Å². The van der Waals surface area contributed by atoms with Crippen LogP contribution >= 0.6 is 0 Å². The molecule has 0 aliphatic heterocycles. The summed E-state index contributed by atoms with van der Waals surface area (Å²) in [6.45, 7) is 0.637. The number of imidazole rings is 1. The van der Waals surface area contributed by atoms with E-state index in [0.717, 1.165) is 16.9 Å². The molecule has 5 nitrogen and oxygen atoms in total. The van der Waals surface area contributed by atoms with Crippen molar-refractivity contribution < 1.29 is 9.53 Å². The maximum Gasteiger partial charge on any atom is 0.224 e. The van der Waals surface area contributed by atoms with Crippen LogP contribution in [0.3, 0.4) is 0 Å². The number of aromatic nitrogens is 2. The summed E-state index contributed by atoms with van der Waals surface area (Å²) in [5.41, 5.74) is 2.02. The van der Waals surface area contributed by atoms with Crippen molar-refractivity contribution in [2.45, 2.75) is 19.0 Å². The van der Waals surface area contributed by atoms with Crippen LogP contribution in [0.25, 0.3) is 0 Å². The average molecular weight is 335 g/mol. The lowest BCUT2D eigenvalue weighted by Gasteiger charge is -2.20. The number of nitrogens with zero attached hydrogens (tertiary/aromatic N) is 2. The molecule has 0 bridgehead atoms. The molecular weight excluding hydrogens is 314 g/mol. The van der Waals surface area contributed by atoms with E-state index in [-0.39, 0.29) is 11.9 Å². The lowest BCUT2D eigenvalue weighted by atomic mass is 10.1. The minimum absolute atomic E-state index is 0.0147. The van der Waals surface area contributed by atoms with Crippen molar-refractivity contribution in [2.24, 2.45) is 0 Å². The molecule has 3 rings (SSSR count). The molecule has 0 aliphatic rings. The van der Waals surface area contributed by atoms with E-state index >= 15 is 0 Å². The summed E-state index contributed by atoms with van der Waals surface area (Å²) >= 11 is 0. The van der Waals surface area contributed by atoms with Gasteiger partial charge in [0, 0.05) is 18.9 Å². The molecule has 1 amide bonds. The Morgan fingerprint density at radius 1 is 1.16 bits per heavy atom. The smallest absolute Gasteiger partial charge is 0.224 e. The molecule has 1 N–H and O–H groups in total. The van der Waals surface area contributed by atoms with Gasteiger partial charge in [0.1, 0.15) is 5.75 Å². The van der Waals surface area contributed by atoms with E-state index in [9.17, 15) is 4.79 Å². The van der Waals surface area contributed by atoms with Crippen LogP contribution in [0.15, 0.2) is 73.3 Å². The predicted molar refractivity (Wildman–Crippen MR) is 96.3 cm³/mol. The van der Waals surface area contributed by atoms with Gasteiger partial charge in [-0.25, -0.2) is 4.98 Å². The molecule has 5 heteroatoms. The Bertz CT molecular complexity index is 784. The number of benzene rings is 2. The second-order valence-electron chi connectivity index (χ2n) is 5.82. The number of ether oxygens (including phenoxy) is 1. The maximum absolute atomic E-state index is 12.5. The zero-order valence-corrected chi connectivity index (χ0v) is 14.1. The molecule has 1 heterocycles. The van der Waals surface area contributed by atoms with Gasteiger partial charge in [0.2, 0.25) is 5.91 Å².